The molecule has 1 heterocycles. The van der Waals surface area contributed by atoms with Crippen LogP contribution in [0.2, 0.25) is 5.02 Å². The zero-order valence-corrected chi connectivity index (χ0v) is 9.46. The number of aromatic nitrogens is 2. The van der Waals surface area contributed by atoms with Crippen molar-refractivity contribution in [1.29, 1.82) is 0 Å². The predicted octanol–water partition coefficient (Wildman–Crippen LogP) is 2.38. The van der Waals surface area contributed by atoms with E-state index in [0.717, 1.165) is 0 Å². The van der Waals surface area contributed by atoms with Gasteiger partial charge in [-0.3, -0.25) is 0 Å². The fourth-order valence-electron chi connectivity index (χ4n) is 0.843. The Bertz CT molecular complexity index is 360. The molecule has 0 amide bonds. The molecule has 0 aliphatic heterocycles. The van der Waals surface area contributed by atoms with Crippen molar-refractivity contribution in [2.45, 2.75) is 5.51 Å². The van der Waals surface area contributed by atoms with Crippen LogP contribution in [0.1, 0.15) is 0 Å². The van der Waals surface area contributed by atoms with Crippen molar-refractivity contribution >= 4 is 35.0 Å². The van der Waals surface area contributed by atoms with Gasteiger partial charge in [0.05, 0.1) is 0 Å². The highest BCUT2D eigenvalue weighted by molar-refractivity contribution is 8.00. The van der Waals surface area contributed by atoms with Gasteiger partial charge < -0.3 is 11.1 Å². The Morgan fingerprint density at radius 3 is 2.75 bits per heavy atom. The first-order valence-electron chi connectivity index (χ1n) is 4.10. The fraction of sp³-hybridized carbons (Fsp3) is 0.429. The Hall–Kier alpha value is -0.890. The first kappa shape index (κ1) is 13.2. The van der Waals surface area contributed by atoms with E-state index in [0.29, 0.717) is 0 Å². The van der Waals surface area contributed by atoms with Crippen molar-refractivity contribution in [2.24, 2.45) is 0 Å². The molecule has 0 atom stereocenters. The number of hydrogen-bond acceptors (Lipinski definition) is 5. The molecule has 0 aliphatic carbocycles. The van der Waals surface area contributed by atoms with Gasteiger partial charge in [0.15, 0.2) is 0 Å². The van der Waals surface area contributed by atoms with E-state index in [1.807, 2.05) is 0 Å². The normalized spacial score (nSPS) is 11.5. The highest BCUT2D eigenvalue weighted by Crippen LogP contribution is 2.30. The van der Waals surface area contributed by atoms with E-state index in [1.54, 1.807) is 0 Å². The Morgan fingerprint density at radius 1 is 1.44 bits per heavy atom. The van der Waals surface area contributed by atoms with Crippen molar-refractivity contribution in [2.75, 3.05) is 23.3 Å². The molecular formula is C7H8ClF3N4S. The summed E-state index contributed by atoms with van der Waals surface area (Å²) in [6.45, 7) is 0.0837. The number of alkyl halides is 3. The van der Waals surface area contributed by atoms with Gasteiger partial charge in [-0.2, -0.15) is 13.2 Å². The number of halogens is 4. The van der Waals surface area contributed by atoms with E-state index >= 15 is 0 Å². The van der Waals surface area contributed by atoms with Crippen LogP contribution in [-0.4, -0.2) is 27.8 Å². The van der Waals surface area contributed by atoms with Crippen molar-refractivity contribution in [3.63, 3.8) is 0 Å². The fourth-order valence-corrected chi connectivity index (χ4v) is 1.44. The van der Waals surface area contributed by atoms with E-state index in [9.17, 15) is 13.2 Å². The monoisotopic (exact) mass is 272 g/mol. The number of anilines is 2. The van der Waals surface area contributed by atoms with Gasteiger partial charge in [0.25, 0.3) is 0 Å². The second kappa shape index (κ2) is 5.44. The highest BCUT2D eigenvalue weighted by atomic mass is 35.5. The molecule has 1 rings (SSSR count). The van der Waals surface area contributed by atoms with E-state index in [-0.39, 0.29) is 40.7 Å². The lowest BCUT2D eigenvalue weighted by Gasteiger charge is -2.08. The summed E-state index contributed by atoms with van der Waals surface area (Å²) < 4.78 is 35.4. The number of hydrogen-bond donors (Lipinski definition) is 2. The number of nitrogen functional groups attached to an aromatic ring is 1. The van der Waals surface area contributed by atoms with E-state index in [2.05, 4.69) is 15.3 Å². The molecule has 9 heteroatoms. The van der Waals surface area contributed by atoms with Gasteiger partial charge in [0.1, 0.15) is 23.0 Å². The lowest BCUT2D eigenvalue weighted by Crippen LogP contribution is -2.11. The highest BCUT2D eigenvalue weighted by Gasteiger charge is 2.27. The van der Waals surface area contributed by atoms with Crippen LogP contribution in [0, 0.1) is 0 Å². The van der Waals surface area contributed by atoms with Crippen molar-refractivity contribution in [3.05, 3.63) is 11.3 Å². The molecule has 0 bridgehead atoms. The van der Waals surface area contributed by atoms with Gasteiger partial charge in [0.2, 0.25) is 0 Å². The van der Waals surface area contributed by atoms with Crippen LogP contribution in [0.25, 0.3) is 0 Å². The minimum absolute atomic E-state index is 0.0837. The van der Waals surface area contributed by atoms with Crippen molar-refractivity contribution in [3.8, 4) is 0 Å². The number of thioether (sulfide) groups is 1. The Kier molecular flexibility index (Phi) is 4.48. The molecule has 1 aromatic heterocycles. The summed E-state index contributed by atoms with van der Waals surface area (Å²) in [6, 6.07) is 0. The lowest BCUT2D eigenvalue weighted by atomic mass is 10.5. The summed E-state index contributed by atoms with van der Waals surface area (Å²) in [4.78, 5) is 7.36. The Labute approximate surface area is 98.8 Å². The second-order valence-electron chi connectivity index (χ2n) is 2.64. The van der Waals surface area contributed by atoms with Gasteiger partial charge in [-0.1, -0.05) is 11.6 Å². The molecule has 0 fully saturated rings. The average molecular weight is 273 g/mol. The first-order chi connectivity index (χ1) is 7.40. The minimum Gasteiger partial charge on any atom is -0.382 e. The minimum atomic E-state index is -4.23. The van der Waals surface area contributed by atoms with Gasteiger partial charge >= 0.3 is 5.51 Å². The average Bonchev–Trinajstić information content (AvgIpc) is 2.17. The van der Waals surface area contributed by atoms with E-state index in [1.165, 1.54) is 6.33 Å². The zero-order valence-electron chi connectivity index (χ0n) is 7.88. The lowest BCUT2D eigenvalue weighted by molar-refractivity contribution is -0.0327. The summed E-state index contributed by atoms with van der Waals surface area (Å²) in [6.07, 6.45) is 1.18. The summed E-state index contributed by atoms with van der Waals surface area (Å²) in [5.74, 6) is 0.184. The smallest absolute Gasteiger partial charge is 0.382 e. The van der Waals surface area contributed by atoms with Crippen LogP contribution >= 0.6 is 23.4 Å². The molecule has 16 heavy (non-hydrogen) atoms. The maximum atomic E-state index is 11.8. The number of nitrogens with two attached hydrogens (primary N) is 1. The molecule has 0 aromatic carbocycles. The summed E-state index contributed by atoms with van der Waals surface area (Å²) >= 11 is 5.60. The van der Waals surface area contributed by atoms with Gasteiger partial charge in [0, 0.05) is 12.3 Å². The zero-order chi connectivity index (χ0) is 12.2. The van der Waals surface area contributed by atoms with Crippen molar-refractivity contribution < 1.29 is 13.2 Å². The maximum Gasteiger partial charge on any atom is 0.441 e. The number of nitrogens with one attached hydrogen (secondary N) is 1. The summed E-state index contributed by atoms with van der Waals surface area (Å²) in [5.41, 5.74) is 1.16. The van der Waals surface area contributed by atoms with Crippen LogP contribution in [0.5, 0.6) is 0 Å². The Balaban J connectivity index is 2.41. The van der Waals surface area contributed by atoms with Crippen LogP contribution < -0.4 is 11.1 Å². The number of nitrogens with zero attached hydrogens (tertiary/aromatic N) is 2. The molecule has 0 radical (unpaired) electrons. The molecule has 0 unspecified atom stereocenters. The van der Waals surface area contributed by atoms with Crippen LogP contribution in [0.15, 0.2) is 6.33 Å². The predicted molar refractivity (Wildman–Crippen MR) is 58.5 cm³/mol. The quantitative estimate of drug-likeness (QED) is 0.824. The molecule has 1 aromatic rings. The summed E-state index contributed by atoms with van der Waals surface area (Å²) in [7, 11) is 0. The maximum absolute atomic E-state index is 11.8. The molecule has 0 aliphatic rings. The van der Waals surface area contributed by atoms with Crippen LogP contribution in [0.3, 0.4) is 0 Å². The summed E-state index contributed by atoms with van der Waals surface area (Å²) in [5, 5.41) is 2.75. The molecule has 0 saturated carbocycles. The molecule has 3 N–H and O–H groups in total. The van der Waals surface area contributed by atoms with Crippen LogP contribution in [0.4, 0.5) is 24.8 Å². The van der Waals surface area contributed by atoms with E-state index < -0.39 is 5.51 Å². The molecule has 4 nitrogen and oxygen atoms in total. The van der Waals surface area contributed by atoms with Gasteiger partial charge in [-0.15, -0.1) is 0 Å². The second-order valence-corrected chi connectivity index (χ2v) is 4.18. The molecule has 0 spiro atoms. The van der Waals surface area contributed by atoms with E-state index in [4.69, 9.17) is 17.3 Å². The van der Waals surface area contributed by atoms with Gasteiger partial charge in [-0.05, 0) is 11.8 Å². The topological polar surface area (TPSA) is 63.8 Å². The molecular weight excluding hydrogens is 265 g/mol. The first-order valence-corrected chi connectivity index (χ1v) is 5.47. The van der Waals surface area contributed by atoms with Crippen molar-refractivity contribution in [1.82, 2.24) is 9.97 Å². The number of rotatable bonds is 4. The molecule has 90 valence electrons. The molecule has 0 saturated heterocycles. The third kappa shape index (κ3) is 4.31. The van der Waals surface area contributed by atoms with Crippen LogP contribution in [-0.2, 0) is 0 Å². The third-order valence-electron chi connectivity index (χ3n) is 1.48. The largest absolute Gasteiger partial charge is 0.441 e. The standard InChI is InChI=1S/C7H8ClF3N4S/c8-4-5(12)14-3-15-6(4)13-1-2-16-7(9,10)11/h3H,1-2H2,(H3,12,13,14,15). The Morgan fingerprint density at radius 2 is 2.12 bits per heavy atom. The SMILES string of the molecule is Nc1ncnc(NCCSC(F)(F)F)c1Cl. The third-order valence-corrected chi connectivity index (χ3v) is 2.58. The van der Waals surface area contributed by atoms with Gasteiger partial charge in [-0.25, -0.2) is 9.97 Å².